The first-order valence-electron chi connectivity index (χ1n) is 9.43. The molecule has 3 rings (SSSR count). The predicted octanol–water partition coefficient (Wildman–Crippen LogP) is 5.72. The molecule has 1 heterocycles. The van der Waals surface area contributed by atoms with Crippen LogP contribution in [0.1, 0.15) is 20.8 Å². The Morgan fingerprint density at radius 2 is 1.91 bits per heavy atom. The van der Waals surface area contributed by atoms with E-state index >= 15 is 0 Å². The average Bonchev–Trinajstić information content (AvgIpc) is 3.12. The smallest absolute Gasteiger partial charge is 0.341 e. The van der Waals surface area contributed by atoms with Crippen molar-refractivity contribution in [3.8, 4) is 22.9 Å². The highest BCUT2D eigenvalue weighted by Gasteiger charge is 2.26. The van der Waals surface area contributed by atoms with Crippen molar-refractivity contribution in [3.05, 3.63) is 75.1 Å². The van der Waals surface area contributed by atoms with Crippen molar-refractivity contribution in [2.45, 2.75) is 6.92 Å². The zero-order chi connectivity index (χ0) is 23.3. The minimum Gasteiger partial charge on any atom is -0.496 e. The summed E-state index contributed by atoms with van der Waals surface area (Å²) in [6.45, 7) is 1.83. The molecule has 6 nitrogen and oxygen atoms in total. The van der Waals surface area contributed by atoms with Crippen LogP contribution in [0.2, 0.25) is 5.02 Å². The van der Waals surface area contributed by atoms with Crippen molar-refractivity contribution in [3.63, 3.8) is 0 Å². The Bertz CT molecular complexity index is 1260. The van der Waals surface area contributed by atoms with Crippen LogP contribution in [0.25, 0.3) is 17.2 Å². The number of benzene rings is 2. The first-order chi connectivity index (χ1) is 15.4. The lowest BCUT2D eigenvalue weighted by atomic mass is 10.0. The minimum absolute atomic E-state index is 0.138. The molecule has 0 saturated carbocycles. The van der Waals surface area contributed by atoms with E-state index in [0.717, 1.165) is 10.4 Å². The van der Waals surface area contributed by atoms with Crippen LogP contribution in [0.4, 0.5) is 5.00 Å². The average molecular weight is 467 g/mol. The highest BCUT2D eigenvalue weighted by molar-refractivity contribution is 7.17. The molecule has 2 aromatic carbocycles. The fourth-order valence-corrected chi connectivity index (χ4v) is 4.43. The molecule has 0 aliphatic rings. The van der Waals surface area contributed by atoms with E-state index in [1.807, 2.05) is 19.1 Å². The molecule has 0 spiro atoms. The second kappa shape index (κ2) is 10.1. The number of esters is 1. The molecule has 0 bridgehead atoms. The van der Waals surface area contributed by atoms with Crippen LogP contribution in [0.15, 0.2) is 54.1 Å². The van der Waals surface area contributed by atoms with Crippen LogP contribution in [-0.2, 0) is 9.53 Å². The number of para-hydroxylation sites is 1. The molecule has 1 amide bonds. The van der Waals surface area contributed by atoms with Crippen LogP contribution in [-0.4, -0.2) is 26.1 Å². The number of nitrogens with zero attached hydrogens (tertiary/aromatic N) is 1. The Kier molecular flexibility index (Phi) is 7.31. The van der Waals surface area contributed by atoms with Crippen LogP contribution in [0.5, 0.6) is 5.75 Å². The summed E-state index contributed by atoms with van der Waals surface area (Å²) < 4.78 is 10.2. The SMILES string of the molecule is COC(=O)c1c(NC(=O)/C(C#N)=C/c2ccccc2OC)sc(C)c1-c1cccc(Cl)c1. The topological polar surface area (TPSA) is 88.4 Å². The van der Waals surface area contributed by atoms with Gasteiger partial charge in [0.25, 0.3) is 5.91 Å². The number of thiophene rings is 1. The fourth-order valence-electron chi connectivity index (χ4n) is 3.18. The number of nitrogens with one attached hydrogen (secondary N) is 1. The van der Waals surface area contributed by atoms with Crippen LogP contribution < -0.4 is 10.1 Å². The van der Waals surface area contributed by atoms with Gasteiger partial charge in [-0.15, -0.1) is 11.3 Å². The quantitative estimate of drug-likeness (QED) is 0.285. The van der Waals surface area contributed by atoms with E-state index in [1.54, 1.807) is 42.5 Å². The zero-order valence-corrected chi connectivity index (χ0v) is 19.1. The van der Waals surface area contributed by atoms with Gasteiger partial charge in [-0.2, -0.15) is 5.26 Å². The Hall–Kier alpha value is -3.60. The first kappa shape index (κ1) is 23.1. The molecule has 0 saturated heterocycles. The molecule has 0 aliphatic heterocycles. The summed E-state index contributed by atoms with van der Waals surface area (Å²) in [6, 6.07) is 16.0. The van der Waals surface area contributed by atoms with Gasteiger partial charge in [-0.1, -0.05) is 41.9 Å². The number of methoxy groups -OCH3 is 2. The lowest BCUT2D eigenvalue weighted by Gasteiger charge is -2.09. The van der Waals surface area contributed by atoms with Crippen LogP contribution in [0.3, 0.4) is 0 Å². The molecule has 3 aromatic rings. The molecule has 1 aromatic heterocycles. The minimum atomic E-state index is -0.651. The molecular weight excluding hydrogens is 448 g/mol. The number of hydrogen-bond donors (Lipinski definition) is 1. The molecule has 32 heavy (non-hydrogen) atoms. The van der Waals surface area contributed by atoms with Crippen LogP contribution >= 0.6 is 22.9 Å². The van der Waals surface area contributed by atoms with Crippen molar-refractivity contribution in [1.29, 1.82) is 5.26 Å². The van der Waals surface area contributed by atoms with E-state index in [-0.39, 0.29) is 16.1 Å². The van der Waals surface area contributed by atoms with Gasteiger partial charge in [-0.25, -0.2) is 4.79 Å². The second-order valence-electron chi connectivity index (χ2n) is 6.61. The number of amides is 1. The number of hydrogen-bond acceptors (Lipinski definition) is 6. The summed E-state index contributed by atoms with van der Waals surface area (Å²) in [5.41, 5.74) is 1.99. The Morgan fingerprint density at radius 1 is 1.16 bits per heavy atom. The van der Waals surface area contributed by atoms with Gasteiger partial charge in [-0.05, 0) is 36.8 Å². The Balaban J connectivity index is 2.04. The van der Waals surface area contributed by atoms with Gasteiger partial charge < -0.3 is 14.8 Å². The maximum atomic E-state index is 12.9. The molecular formula is C24H19ClN2O4S. The number of ether oxygens (including phenoxy) is 2. The van der Waals surface area contributed by atoms with Gasteiger partial charge in [0.1, 0.15) is 28.0 Å². The molecule has 0 unspecified atom stereocenters. The van der Waals surface area contributed by atoms with E-state index in [0.29, 0.717) is 21.9 Å². The van der Waals surface area contributed by atoms with E-state index in [4.69, 9.17) is 21.1 Å². The monoisotopic (exact) mass is 466 g/mol. The van der Waals surface area contributed by atoms with Crippen molar-refractivity contribution in [1.82, 2.24) is 0 Å². The second-order valence-corrected chi connectivity index (χ2v) is 8.27. The molecule has 0 radical (unpaired) electrons. The summed E-state index contributed by atoms with van der Waals surface area (Å²) in [5, 5.41) is 13.1. The molecule has 1 N–H and O–H groups in total. The third kappa shape index (κ3) is 4.83. The molecule has 0 atom stereocenters. The lowest BCUT2D eigenvalue weighted by molar-refractivity contribution is -0.112. The number of aryl methyl sites for hydroxylation is 1. The number of rotatable bonds is 6. The van der Waals surface area contributed by atoms with E-state index in [9.17, 15) is 14.9 Å². The van der Waals surface area contributed by atoms with E-state index in [1.165, 1.54) is 31.6 Å². The summed E-state index contributed by atoms with van der Waals surface area (Å²) in [6.07, 6.45) is 1.43. The van der Waals surface area contributed by atoms with Crippen molar-refractivity contribution < 1.29 is 19.1 Å². The van der Waals surface area contributed by atoms with Gasteiger partial charge in [0.2, 0.25) is 0 Å². The van der Waals surface area contributed by atoms with Gasteiger partial charge in [-0.3, -0.25) is 4.79 Å². The molecule has 162 valence electrons. The predicted molar refractivity (Wildman–Crippen MR) is 126 cm³/mol. The van der Waals surface area contributed by atoms with Gasteiger partial charge in [0, 0.05) is 21.0 Å². The number of anilines is 1. The van der Waals surface area contributed by atoms with Crippen molar-refractivity contribution in [2.75, 3.05) is 19.5 Å². The summed E-state index contributed by atoms with van der Waals surface area (Å²) in [7, 11) is 2.78. The third-order valence-electron chi connectivity index (χ3n) is 4.62. The maximum Gasteiger partial charge on any atom is 0.341 e. The standard InChI is InChI=1S/C24H19ClN2O4S/c1-14-20(16-8-6-9-18(25)12-16)21(24(29)31-3)23(32-14)27-22(28)17(13-26)11-15-7-4-5-10-19(15)30-2/h4-12H,1-3H3,(H,27,28)/b17-11+. The Morgan fingerprint density at radius 3 is 2.56 bits per heavy atom. The molecule has 8 heteroatoms. The molecule has 0 fully saturated rings. The summed E-state index contributed by atoms with van der Waals surface area (Å²) in [5.74, 6) is -0.729. The third-order valence-corrected chi connectivity index (χ3v) is 5.87. The number of nitriles is 1. The zero-order valence-electron chi connectivity index (χ0n) is 17.6. The molecule has 0 aliphatic carbocycles. The number of halogens is 1. The lowest BCUT2D eigenvalue weighted by Crippen LogP contribution is -2.15. The van der Waals surface area contributed by atoms with E-state index < -0.39 is 11.9 Å². The summed E-state index contributed by atoms with van der Waals surface area (Å²) >= 11 is 7.35. The van der Waals surface area contributed by atoms with Crippen molar-refractivity contribution in [2.24, 2.45) is 0 Å². The van der Waals surface area contributed by atoms with Crippen molar-refractivity contribution >= 4 is 45.9 Å². The van der Waals surface area contributed by atoms with Gasteiger partial charge in [0.05, 0.1) is 14.2 Å². The van der Waals surface area contributed by atoms with Crippen LogP contribution in [0, 0.1) is 18.3 Å². The largest absolute Gasteiger partial charge is 0.496 e. The highest BCUT2D eigenvalue weighted by atomic mass is 35.5. The maximum absolute atomic E-state index is 12.9. The summed E-state index contributed by atoms with van der Waals surface area (Å²) in [4.78, 5) is 26.3. The Labute approximate surface area is 194 Å². The van der Waals surface area contributed by atoms with E-state index in [2.05, 4.69) is 5.32 Å². The normalized spacial score (nSPS) is 10.9. The fraction of sp³-hybridized carbons (Fsp3) is 0.125. The number of carbonyl (C=O) groups is 2. The van der Waals surface area contributed by atoms with Gasteiger partial charge in [0.15, 0.2) is 0 Å². The van der Waals surface area contributed by atoms with Gasteiger partial charge >= 0.3 is 5.97 Å². The highest BCUT2D eigenvalue weighted by Crippen LogP contribution is 2.41. The number of carbonyl (C=O) groups excluding carboxylic acids is 2. The first-order valence-corrected chi connectivity index (χ1v) is 10.6.